The number of hydrogen-bond donors (Lipinski definition) is 2. The molecule has 0 aromatic heterocycles. The molecule has 5 heteroatoms. The number of rotatable bonds is 7. The van der Waals surface area contributed by atoms with E-state index in [0.29, 0.717) is 6.04 Å². The number of guanidine groups is 1. The Morgan fingerprint density at radius 1 is 1.29 bits per heavy atom. The maximum Gasteiger partial charge on any atom is 0.191 e. The van der Waals surface area contributed by atoms with E-state index >= 15 is 0 Å². The lowest BCUT2D eigenvalue weighted by molar-refractivity contribution is 0.768. The van der Waals surface area contributed by atoms with Crippen molar-refractivity contribution in [3.05, 3.63) is 30.3 Å². The molecule has 118 valence electrons. The highest BCUT2D eigenvalue weighted by atomic mass is 127. The highest BCUT2D eigenvalue weighted by molar-refractivity contribution is 14.0. The molecule has 2 N–H and O–H groups in total. The molecule has 1 aliphatic rings. The van der Waals surface area contributed by atoms with Gasteiger partial charge >= 0.3 is 0 Å². The predicted octanol–water partition coefficient (Wildman–Crippen LogP) is 2.85. The van der Waals surface area contributed by atoms with Crippen molar-refractivity contribution in [3.8, 4) is 0 Å². The van der Waals surface area contributed by atoms with Gasteiger partial charge < -0.3 is 15.5 Å². The second-order valence-electron chi connectivity index (χ2n) is 5.29. The van der Waals surface area contributed by atoms with E-state index in [1.54, 1.807) is 0 Å². The first-order valence-corrected chi connectivity index (χ1v) is 7.60. The summed E-state index contributed by atoms with van der Waals surface area (Å²) in [6.45, 7) is 4.91. The van der Waals surface area contributed by atoms with Crippen LogP contribution in [-0.2, 0) is 0 Å². The van der Waals surface area contributed by atoms with E-state index in [1.807, 2.05) is 6.07 Å². The quantitative estimate of drug-likeness (QED) is 0.319. The Morgan fingerprint density at radius 2 is 2.00 bits per heavy atom. The molecule has 1 aliphatic carbocycles. The van der Waals surface area contributed by atoms with E-state index in [2.05, 4.69) is 58.8 Å². The third kappa shape index (κ3) is 7.02. The van der Waals surface area contributed by atoms with E-state index in [1.165, 1.54) is 18.5 Å². The maximum atomic E-state index is 4.63. The Hall–Kier alpha value is -0.980. The summed E-state index contributed by atoms with van der Waals surface area (Å²) in [5, 5.41) is 6.74. The van der Waals surface area contributed by atoms with Gasteiger partial charge in [0, 0.05) is 38.4 Å². The number of nitrogens with one attached hydrogen (secondary N) is 2. The fraction of sp³-hybridized carbons (Fsp3) is 0.562. The summed E-state index contributed by atoms with van der Waals surface area (Å²) < 4.78 is 0. The molecule has 1 aromatic rings. The molecule has 0 unspecified atom stereocenters. The van der Waals surface area contributed by atoms with Crippen LogP contribution in [0.1, 0.15) is 26.2 Å². The number of benzene rings is 1. The van der Waals surface area contributed by atoms with Crippen molar-refractivity contribution >= 4 is 35.6 Å². The van der Waals surface area contributed by atoms with Gasteiger partial charge in [-0.3, -0.25) is 4.99 Å². The van der Waals surface area contributed by atoms with Crippen molar-refractivity contribution in [1.29, 1.82) is 0 Å². The van der Waals surface area contributed by atoms with Crippen molar-refractivity contribution in [2.24, 2.45) is 4.99 Å². The summed E-state index contributed by atoms with van der Waals surface area (Å²) in [6, 6.07) is 11.1. The fourth-order valence-electron chi connectivity index (χ4n) is 2.05. The maximum absolute atomic E-state index is 4.63. The van der Waals surface area contributed by atoms with E-state index in [0.717, 1.165) is 32.0 Å². The Balaban J connectivity index is 0.00000220. The summed E-state index contributed by atoms with van der Waals surface area (Å²) in [6.07, 6.45) is 3.62. The molecule has 2 rings (SSSR count). The number of aliphatic imine (C=N–C) groups is 1. The minimum absolute atomic E-state index is 0. The molecule has 0 radical (unpaired) electrons. The summed E-state index contributed by atoms with van der Waals surface area (Å²) in [5.74, 6) is 0.970. The monoisotopic (exact) mass is 402 g/mol. The van der Waals surface area contributed by atoms with Crippen LogP contribution in [0.4, 0.5) is 5.69 Å². The molecular weight excluding hydrogens is 375 g/mol. The topological polar surface area (TPSA) is 39.7 Å². The molecule has 0 heterocycles. The summed E-state index contributed by atoms with van der Waals surface area (Å²) >= 11 is 0. The van der Waals surface area contributed by atoms with Crippen molar-refractivity contribution in [1.82, 2.24) is 10.6 Å². The normalized spacial score (nSPS) is 14.3. The number of nitrogens with zero attached hydrogens (tertiary/aromatic N) is 2. The lowest BCUT2D eigenvalue weighted by atomic mass is 10.3. The van der Waals surface area contributed by atoms with Gasteiger partial charge in [-0.1, -0.05) is 18.2 Å². The number of anilines is 1. The molecule has 0 spiro atoms. The van der Waals surface area contributed by atoms with Crippen LogP contribution in [0.2, 0.25) is 0 Å². The molecule has 0 amide bonds. The molecule has 0 saturated heterocycles. The molecule has 21 heavy (non-hydrogen) atoms. The Morgan fingerprint density at radius 3 is 2.62 bits per heavy atom. The first kappa shape index (κ1) is 18.1. The highest BCUT2D eigenvalue weighted by Gasteiger charge is 2.21. The van der Waals surface area contributed by atoms with Crippen molar-refractivity contribution in [3.63, 3.8) is 0 Å². The SMILES string of the molecule is CCNC(=NCCCN(C)c1ccccc1)NC1CC1.I. The van der Waals surface area contributed by atoms with E-state index < -0.39 is 0 Å². The number of hydrogen-bond acceptors (Lipinski definition) is 2. The standard InChI is InChI=1S/C16H26N4.HI/c1-3-17-16(19-14-10-11-14)18-12-7-13-20(2)15-8-5-4-6-9-15;/h4-6,8-9,14H,3,7,10-13H2,1-2H3,(H2,17,18,19);1H. The second kappa shape index (κ2) is 9.87. The lowest BCUT2D eigenvalue weighted by Gasteiger charge is -2.18. The van der Waals surface area contributed by atoms with E-state index in [-0.39, 0.29) is 24.0 Å². The molecule has 4 nitrogen and oxygen atoms in total. The van der Waals surface area contributed by atoms with Gasteiger partial charge in [-0.2, -0.15) is 0 Å². The van der Waals surface area contributed by atoms with E-state index in [4.69, 9.17) is 0 Å². The van der Waals surface area contributed by atoms with Gasteiger partial charge in [0.25, 0.3) is 0 Å². The van der Waals surface area contributed by atoms with Crippen molar-refractivity contribution < 1.29 is 0 Å². The number of para-hydroxylation sites is 1. The third-order valence-corrected chi connectivity index (χ3v) is 3.38. The molecule has 1 saturated carbocycles. The van der Waals surface area contributed by atoms with Crippen LogP contribution in [-0.4, -0.2) is 38.7 Å². The lowest BCUT2D eigenvalue weighted by Crippen LogP contribution is -2.38. The van der Waals surface area contributed by atoms with Crippen LogP contribution in [0.25, 0.3) is 0 Å². The minimum Gasteiger partial charge on any atom is -0.375 e. The minimum atomic E-state index is 0. The summed E-state index contributed by atoms with van der Waals surface area (Å²) in [7, 11) is 2.13. The van der Waals surface area contributed by atoms with Crippen LogP contribution >= 0.6 is 24.0 Å². The molecular formula is C16H27IN4. The van der Waals surface area contributed by atoms with Crippen molar-refractivity contribution in [2.45, 2.75) is 32.2 Å². The Bertz CT molecular complexity index is 418. The average Bonchev–Trinajstić information content (AvgIpc) is 3.28. The van der Waals surface area contributed by atoms with Crippen molar-refractivity contribution in [2.75, 3.05) is 31.6 Å². The summed E-state index contributed by atoms with van der Waals surface area (Å²) in [4.78, 5) is 6.90. The molecule has 0 bridgehead atoms. The fourth-order valence-corrected chi connectivity index (χ4v) is 2.05. The van der Waals surface area contributed by atoms with Crippen LogP contribution < -0.4 is 15.5 Å². The van der Waals surface area contributed by atoms with Crippen LogP contribution in [0.3, 0.4) is 0 Å². The molecule has 0 atom stereocenters. The predicted molar refractivity (Wildman–Crippen MR) is 102 cm³/mol. The zero-order valence-electron chi connectivity index (χ0n) is 13.0. The van der Waals surface area contributed by atoms with Crippen LogP contribution in [0, 0.1) is 0 Å². The zero-order chi connectivity index (χ0) is 14.2. The smallest absolute Gasteiger partial charge is 0.191 e. The second-order valence-corrected chi connectivity index (χ2v) is 5.29. The van der Waals surface area contributed by atoms with Crippen LogP contribution in [0.5, 0.6) is 0 Å². The van der Waals surface area contributed by atoms with Gasteiger partial charge in [0.2, 0.25) is 0 Å². The van der Waals surface area contributed by atoms with Gasteiger partial charge in [-0.25, -0.2) is 0 Å². The summed E-state index contributed by atoms with van der Waals surface area (Å²) in [5.41, 5.74) is 1.26. The van der Waals surface area contributed by atoms with Gasteiger partial charge in [-0.05, 0) is 38.3 Å². The first-order chi connectivity index (χ1) is 9.79. The number of halogens is 1. The molecule has 0 aliphatic heterocycles. The zero-order valence-corrected chi connectivity index (χ0v) is 15.3. The van der Waals surface area contributed by atoms with Gasteiger partial charge in [-0.15, -0.1) is 24.0 Å². The first-order valence-electron chi connectivity index (χ1n) is 7.60. The average molecular weight is 402 g/mol. The van der Waals surface area contributed by atoms with Gasteiger partial charge in [0.15, 0.2) is 5.96 Å². The third-order valence-electron chi connectivity index (χ3n) is 3.38. The Kier molecular flexibility index (Phi) is 8.49. The van der Waals surface area contributed by atoms with Crippen LogP contribution in [0.15, 0.2) is 35.3 Å². The Labute approximate surface area is 145 Å². The van der Waals surface area contributed by atoms with Gasteiger partial charge in [0.1, 0.15) is 0 Å². The molecule has 1 fully saturated rings. The largest absolute Gasteiger partial charge is 0.375 e. The molecule has 1 aromatic carbocycles. The highest BCUT2D eigenvalue weighted by Crippen LogP contribution is 2.18. The van der Waals surface area contributed by atoms with E-state index in [9.17, 15) is 0 Å². The van der Waals surface area contributed by atoms with Gasteiger partial charge in [0.05, 0.1) is 0 Å².